The van der Waals surface area contributed by atoms with E-state index in [0.29, 0.717) is 12.5 Å². The second-order valence-corrected chi connectivity index (χ2v) is 4.05. The summed E-state index contributed by atoms with van der Waals surface area (Å²) in [5.74, 6) is 2.88. The minimum Gasteiger partial charge on any atom is -0.494 e. The summed E-state index contributed by atoms with van der Waals surface area (Å²) in [6.45, 7) is 4.68. The van der Waals surface area contributed by atoms with Crippen molar-refractivity contribution < 1.29 is 4.74 Å². The third kappa shape index (κ3) is 2.48. The molecule has 2 aromatic rings. The highest BCUT2D eigenvalue weighted by Gasteiger charge is 2.11. The van der Waals surface area contributed by atoms with Gasteiger partial charge in [0.1, 0.15) is 11.6 Å². The molecule has 0 atom stereocenters. The van der Waals surface area contributed by atoms with Crippen LogP contribution in [0.5, 0.6) is 5.75 Å². The first-order valence-corrected chi connectivity index (χ1v) is 6.56. The Balaban J connectivity index is 2.38. The third-order valence-corrected chi connectivity index (χ3v) is 2.88. The lowest BCUT2D eigenvalue weighted by Crippen LogP contribution is -2.03. The summed E-state index contributed by atoms with van der Waals surface area (Å²) in [5.41, 5.74) is 1.01. The largest absolute Gasteiger partial charge is 0.494 e. The van der Waals surface area contributed by atoms with Crippen molar-refractivity contribution in [3.63, 3.8) is 0 Å². The lowest BCUT2D eigenvalue weighted by Gasteiger charge is -2.09. The van der Waals surface area contributed by atoms with E-state index in [4.69, 9.17) is 16.3 Å². The molecule has 18 heavy (non-hydrogen) atoms. The van der Waals surface area contributed by atoms with Crippen molar-refractivity contribution in [3.05, 3.63) is 35.9 Å². The van der Waals surface area contributed by atoms with Gasteiger partial charge >= 0.3 is 0 Å². The molecule has 0 aliphatic carbocycles. The number of benzene rings is 1. The molecule has 0 N–H and O–H groups in total. The summed E-state index contributed by atoms with van der Waals surface area (Å²) >= 11 is 5.89. The Morgan fingerprint density at radius 1 is 1.11 bits per heavy atom. The molecule has 0 fully saturated rings. The topological polar surface area (TPSA) is 39.9 Å². The average Bonchev–Trinajstić information content (AvgIpc) is 2.83. The van der Waals surface area contributed by atoms with Gasteiger partial charge in [0.25, 0.3) is 0 Å². The van der Waals surface area contributed by atoms with Crippen LogP contribution in [0.3, 0.4) is 0 Å². The Bertz CT molecular complexity index is 486. The maximum Gasteiger partial charge on any atom is 0.152 e. The quantitative estimate of drug-likeness (QED) is 0.781. The lowest BCUT2D eigenvalue weighted by atomic mass is 10.3. The molecular weight excluding hydrogens is 250 g/mol. The van der Waals surface area contributed by atoms with E-state index in [1.165, 1.54) is 0 Å². The smallest absolute Gasteiger partial charge is 0.152 e. The van der Waals surface area contributed by atoms with Gasteiger partial charge in [-0.15, -0.1) is 21.8 Å². The highest BCUT2D eigenvalue weighted by molar-refractivity contribution is 6.16. The predicted molar refractivity (Wildman–Crippen MR) is 71.5 cm³/mol. The number of halogens is 1. The van der Waals surface area contributed by atoms with Crippen molar-refractivity contribution in [3.8, 4) is 11.4 Å². The fraction of sp³-hybridized carbons (Fsp3) is 0.385. The summed E-state index contributed by atoms with van der Waals surface area (Å²) in [7, 11) is 0. The highest BCUT2D eigenvalue weighted by atomic mass is 35.5. The highest BCUT2D eigenvalue weighted by Crippen LogP contribution is 2.19. The van der Waals surface area contributed by atoms with Gasteiger partial charge in [-0.05, 0) is 31.2 Å². The number of alkyl halides is 1. The maximum absolute atomic E-state index is 5.89. The zero-order chi connectivity index (χ0) is 13.0. The Labute approximate surface area is 112 Å². The van der Waals surface area contributed by atoms with E-state index in [1.54, 1.807) is 0 Å². The second-order valence-electron chi connectivity index (χ2n) is 3.78. The Kier molecular flexibility index (Phi) is 4.20. The van der Waals surface area contributed by atoms with Crippen LogP contribution in [0.15, 0.2) is 24.3 Å². The molecule has 0 spiro atoms. The standard InChI is InChI=1S/C13H16ClN3O/c1-3-12-15-16-13(9-14)17(12)10-5-7-11(8-6-10)18-4-2/h5-8H,3-4,9H2,1-2H3. The van der Waals surface area contributed by atoms with Crippen LogP contribution in [0.1, 0.15) is 25.5 Å². The minimum absolute atomic E-state index is 0.347. The number of hydrogen-bond acceptors (Lipinski definition) is 3. The normalized spacial score (nSPS) is 10.6. The van der Waals surface area contributed by atoms with Gasteiger partial charge in [-0.1, -0.05) is 6.92 Å². The van der Waals surface area contributed by atoms with E-state index in [2.05, 4.69) is 10.2 Å². The number of ether oxygens (including phenoxy) is 1. The molecule has 1 aromatic carbocycles. The number of aromatic nitrogens is 3. The fourth-order valence-electron chi connectivity index (χ4n) is 1.83. The molecule has 0 aliphatic heterocycles. The van der Waals surface area contributed by atoms with Gasteiger partial charge in [0.15, 0.2) is 5.82 Å². The Morgan fingerprint density at radius 2 is 1.78 bits per heavy atom. The van der Waals surface area contributed by atoms with Crippen LogP contribution in [0.4, 0.5) is 0 Å². The Hall–Kier alpha value is -1.55. The molecule has 0 amide bonds. The number of aryl methyl sites for hydroxylation is 1. The van der Waals surface area contributed by atoms with E-state index < -0.39 is 0 Å². The molecule has 1 heterocycles. The van der Waals surface area contributed by atoms with Gasteiger partial charge in [-0.25, -0.2) is 0 Å². The van der Waals surface area contributed by atoms with Crippen molar-refractivity contribution >= 4 is 11.6 Å². The average molecular weight is 266 g/mol. The monoisotopic (exact) mass is 265 g/mol. The maximum atomic E-state index is 5.89. The van der Waals surface area contributed by atoms with Crippen LogP contribution in [-0.4, -0.2) is 21.4 Å². The van der Waals surface area contributed by atoms with E-state index in [9.17, 15) is 0 Å². The van der Waals surface area contributed by atoms with Crippen LogP contribution in [0.2, 0.25) is 0 Å². The first-order valence-electron chi connectivity index (χ1n) is 6.02. The molecular formula is C13H16ClN3O. The van der Waals surface area contributed by atoms with Crippen molar-refractivity contribution in [2.45, 2.75) is 26.1 Å². The molecule has 0 saturated heterocycles. The summed E-state index contributed by atoms with van der Waals surface area (Å²) in [6.07, 6.45) is 0.817. The number of nitrogens with zero attached hydrogens (tertiary/aromatic N) is 3. The van der Waals surface area contributed by atoms with Crippen LogP contribution in [-0.2, 0) is 12.3 Å². The van der Waals surface area contributed by atoms with E-state index in [-0.39, 0.29) is 0 Å². The van der Waals surface area contributed by atoms with Crippen molar-refractivity contribution in [2.24, 2.45) is 0 Å². The SMILES string of the molecule is CCOc1ccc(-n2c(CC)nnc2CCl)cc1. The van der Waals surface area contributed by atoms with E-state index in [0.717, 1.165) is 29.5 Å². The van der Waals surface area contributed by atoms with Gasteiger partial charge in [0.2, 0.25) is 0 Å². The zero-order valence-corrected chi connectivity index (χ0v) is 11.3. The molecule has 4 nitrogen and oxygen atoms in total. The number of rotatable bonds is 5. The fourth-order valence-corrected chi connectivity index (χ4v) is 2.00. The summed E-state index contributed by atoms with van der Waals surface area (Å²) in [4.78, 5) is 0. The number of hydrogen-bond donors (Lipinski definition) is 0. The lowest BCUT2D eigenvalue weighted by molar-refractivity contribution is 0.340. The predicted octanol–water partition coefficient (Wildman–Crippen LogP) is 2.97. The summed E-state index contributed by atoms with van der Waals surface area (Å²) in [5, 5.41) is 8.23. The minimum atomic E-state index is 0.347. The van der Waals surface area contributed by atoms with Gasteiger partial charge in [-0.2, -0.15) is 0 Å². The molecule has 5 heteroatoms. The molecule has 0 aliphatic rings. The van der Waals surface area contributed by atoms with Gasteiger partial charge in [-0.3, -0.25) is 4.57 Å². The van der Waals surface area contributed by atoms with Gasteiger partial charge < -0.3 is 4.74 Å². The molecule has 0 saturated carbocycles. The van der Waals surface area contributed by atoms with Gasteiger partial charge in [0.05, 0.1) is 12.5 Å². The van der Waals surface area contributed by atoms with Crippen molar-refractivity contribution in [1.29, 1.82) is 0 Å². The van der Waals surface area contributed by atoms with Crippen LogP contribution in [0.25, 0.3) is 5.69 Å². The molecule has 0 bridgehead atoms. The molecule has 0 radical (unpaired) electrons. The second kappa shape index (κ2) is 5.87. The van der Waals surface area contributed by atoms with E-state index >= 15 is 0 Å². The van der Waals surface area contributed by atoms with Crippen molar-refractivity contribution in [2.75, 3.05) is 6.61 Å². The van der Waals surface area contributed by atoms with E-state index in [1.807, 2.05) is 42.7 Å². The van der Waals surface area contributed by atoms with Crippen LogP contribution in [0, 0.1) is 0 Å². The molecule has 2 rings (SSSR count). The van der Waals surface area contributed by atoms with Crippen LogP contribution >= 0.6 is 11.6 Å². The Morgan fingerprint density at radius 3 is 2.33 bits per heavy atom. The van der Waals surface area contributed by atoms with Gasteiger partial charge in [0, 0.05) is 12.1 Å². The first-order chi connectivity index (χ1) is 8.80. The summed E-state index contributed by atoms with van der Waals surface area (Å²) in [6, 6.07) is 7.86. The molecule has 96 valence electrons. The molecule has 0 unspecified atom stereocenters. The summed E-state index contributed by atoms with van der Waals surface area (Å²) < 4.78 is 7.41. The van der Waals surface area contributed by atoms with Crippen molar-refractivity contribution in [1.82, 2.24) is 14.8 Å². The first kappa shape index (κ1) is 12.9. The molecule has 1 aromatic heterocycles. The zero-order valence-electron chi connectivity index (χ0n) is 10.6. The van der Waals surface area contributed by atoms with Crippen LogP contribution < -0.4 is 4.74 Å². The third-order valence-electron chi connectivity index (χ3n) is 2.64.